The average molecular weight is 188 g/mol. The van der Waals surface area contributed by atoms with Crippen molar-refractivity contribution in [3.8, 4) is 0 Å². The average Bonchev–Trinajstić information content (AvgIpc) is 2.21. The van der Waals surface area contributed by atoms with Gasteiger partial charge in [0, 0.05) is 19.3 Å². The normalized spacial score (nSPS) is 18.5. The summed E-state index contributed by atoms with van der Waals surface area (Å²) < 4.78 is 0. The summed E-state index contributed by atoms with van der Waals surface area (Å²) in [5.74, 6) is 0.950. The van der Waals surface area contributed by atoms with Crippen LogP contribution in [0, 0.1) is 0 Å². The van der Waals surface area contributed by atoms with E-state index >= 15 is 0 Å². The number of hydrogen-bond donors (Lipinski definition) is 1. The minimum Gasteiger partial charge on any atom is -0.393 e. The highest BCUT2D eigenvalue weighted by molar-refractivity contribution is 6.32. The van der Waals surface area contributed by atoms with Gasteiger partial charge in [0.25, 0.3) is 0 Å². The van der Waals surface area contributed by atoms with Crippen LogP contribution in [-0.2, 0) is 0 Å². The van der Waals surface area contributed by atoms with E-state index in [-0.39, 0.29) is 6.10 Å². The number of aliphatic hydroxyl groups is 1. The Kier molecular flexibility index (Phi) is 2.73. The molecule has 4 heteroatoms. The standard InChI is InChI=1S/C10H13BN2O/c11-8-1-2-10(12-7-8)13-5-3-9(14)4-6-13/h1-2,7,9,14H,3-6H2. The van der Waals surface area contributed by atoms with Crippen molar-refractivity contribution in [3.63, 3.8) is 0 Å². The van der Waals surface area contributed by atoms with E-state index in [2.05, 4.69) is 9.88 Å². The van der Waals surface area contributed by atoms with Crippen LogP contribution in [0.4, 0.5) is 5.82 Å². The zero-order valence-corrected chi connectivity index (χ0v) is 8.06. The molecule has 0 saturated carbocycles. The lowest BCUT2D eigenvalue weighted by atomic mass is 9.99. The van der Waals surface area contributed by atoms with Crippen LogP contribution in [0.5, 0.6) is 0 Å². The first kappa shape index (κ1) is 9.53. The quantitative estimate of drug-likeness (QED) is 0.622. The third kappa shape index (κ3) is 2.07. The highest BCUT2D eigenvalue weighted by atomic mass is 16.3. The Morgan fingerprint density at radius 3 is 2.64 bits per heavy atom. The van der Waals surface area contributed by atoms with Crippen LogP contribution in [-0.4, -0.2) is 37.1 Å². The van der Waals surface area contributed by atoms with Gasteiger partial charge in [-0.3, -0.25) is 0 Å². The molecule has 14 heavy (non-hydrogen) atoms. The lowest BCUT2D eigenvalue weighted by molar-refractivity contribution is 0.145. The van der Waals surface area contributed by atoms with Crippen LogP contribution >= 0.6 is 0 Å². The maximum Gasteiger partial charge on any atom is 0.128 e. The van der Waals surface area contributed by atoms with Gasteiger partial charge in [0.15, 0.2) is 0 Å². The second-order valence-corrected chi connectivity index (χ2v) is 3.67. The molecule has 2 heterocycles. The van der Waals surface area contributed by atoms with Crippen LogP contribution in [0.2, 0.25) is 0 Å². The molecule has 0 aromatic carbocycles. The molecular weight excluding hydrogens is 175 g/mol. The maximum absolute atomic E-state index is 9.35. The van der Waals surface area contributed by atoms with Crippen LogP contribution < -0.4 is 10.4 Å². The highest BCUT2D eigenvalue weighted by Gasteiger charge is 2.17. The Morgan fingerprint density at radius 2 is 2.07 bits per heavy atom. The van der Waals surface area contributed by atoms with Gasteiger partial charge in [-0.1, -0.05) is 11.5 Å². The second kappa shape index (κ2) is 4.01. The van der Waals surface area contributed by atoms with Crippen molar-refractivity contribution in [1.29, 1.82) is 0 Å². The van der Waals surface area contributed by atoms with Gasteiger partial charge in [-0.15, -0.1) is 0 Å². The number of piperidine rings is 1. The monoisotopic (exact) mass is 188 g/mol. The van der Waals surface area contributed by atoms with Crippen LogP contribution in [0.25, 0.3) is 0 Å². The lowest BCUT2D eigenvalue weighted by Crippen LogP contribution is -2.36. The topological polar surface area (TPSA) is 36.4 Å². The molecule has 0 spiro atoms. The molecule has 1 aliphatic heterocycles. The predicted molar refractivity (Wildman–Crippen MR) is 57.1 cm³/mol. The Bertz CT molecular complexity index is 293. The molecule has 2 radical (unpaired) electrons. The van der Waals surface area contributed by atoms with E-state index in [1.165, 1.54) is 0 Å². The van der Waals surface area contributed by atoms with Gasteiger partial charge in [-0.25, -0.2) is 4.98 Å². The van der Waals surface area contributed by atoms with Crippen LogP contribution in [0.15, 0.2) is 18.3 Å². The number of nitrogens with zero attached hydrogens (tertiary/aromatic N) is 2. The SMILES string of the molecule is [B]c1ccc(N2CCC(O)CC2)nc1. The molecule has 1 aromatic heterocycles. The van der Waals surface area contributed by atoms with E-state index in [9.17, 15) is 5.11 Å². The van der Waals surface area contributed by atoms with Gasteiger partial charge in [0.1, 0.15) is 13.7 Å². The van der Waals surface area contributed by atoms with Crippen molar-refractivity contribution in [2.45, 2.75) is 18.9 Å². The summed E-state index contributed by atoms with van der Waals surface area (Å²) in [6.07, 6.45) is 3.18. The van der Waals surface area contributed by atoms with Gasteiger partial charge in [-0.05, 0) is 18.9 Å². The van der Waals surface area contributed by atoms with Gasteiger partial charge in [0.05, 0.1) is 6.10 Å². The van der Waals surface area contributed by atoms with E-state index in [4.69, 9.17) is 7.85 Å². The number of rotatable bonds is 1. The van der Waals surface area contributed by atoms with Crippen molar-refractivity contribution in [3.05, 3.63) is 18.3 Å². The molecule has 72 valence electrons. The number of aromatic nitrogens is 1. The molecule has 1 aliphatic rings. The molecule has 0 aliphatic carbocycles. The van der Waals surface area contributed by atoms with Crippen LogP contribution in [0.1, 0.15) is 12.8 Å². The smallest absolute Gasteiger partial charge is 0.128 e. The van der Waals surface area contributed by atoms with Gasteiger partial charge in [0.2, 0.25) is 0 Å². The molecule has 1 N–H and O–H groups in total. The Labute approximate surface area is 85.2 Å². The molecule has 1 aromatic rings. The fourth-order valence-corrected chi connectivity index (χ4v) is 1.68. The Balaban J connectivity index is 2.05. The number of anilines is 1. The maximum atomic E-state index is 9.35. The zero-order chi connectivity index (χ0) is 9.97. The fourth-order valence-electron chi connectivity index (χ4n) is 1.68. The summed E-state index contributed by atoms with van der Waals surface area (Å²) in [5, 5.41) is 9.35. The minimum atomic E-state index is -0.139. The van der Waals surface area contributed by atoms with Gasteiger partial charge in [-0.2, -0.15) is 0 Å². The van der Waals surface area contributed by atoms with E-state index in [1.807, 2.05) is 12.1 Å². The van der Waals surface area contributed by atoms with Crippen molar-refractivity contribution in [2.24, 2.45) is 0 Å². The lowest BCUT2D eigenvalue weighted by Gasteiger charge is -2.30. The highest BCUT2D eigenvalue weighted by Crippen LogP contribution is 2.16. The predicted octanol–water partition coefficient (Wildman–Crippen LogP) is -0.164. The molecule has 2 rings (SSSR count). The summed E-state index contributed by atoms with van der Waals surface area (Å²) in [4.78, 5) is 6.42. The molecule has 1 fully saturated rings. The minimum absolute atomic E-state index is 0.139. The second-order valence-electron chi connectivity index (χ2n) is 3.67. The Hall–Kier alpha value is -1.03. The van der Waals surface area contributed by atoms with Crippen LogP contribution in [0.3, 0.4) is 0 Å². The summed E-state index contributed by atoms with van der Waals surface area (Å²) in [6, 6.07) is 3.78. The molecule has 0 unspecified atom stereocenters. The van der Waals surface area contributed by atoms with E-state index in [1.54, 1.807) is 6.20 Å². The summed E-state index contributed by atoms with van der Waals surface area (Å²) >= 11 is 0. The van der Waals surface area contributed by atoms with Crippen molar-refractivity contribution in [1.82, 2.24) is 4.98 Å². The first-order chi connectivity index (χ1) is 6.75. The summed E-state index contributed by atoms with van der Waals surface area (Å²) in [7, 11) is 5.56. The number of pyridine rings is 1. The molecule has 0 bridgehead atoms. The summed E-state index contributed by atoms with van der Waals surface area (Å²) in [6.45, 7) is 1.75. The fraction of sp³-hybridized carbons (Fsp3) is 0.500. The first-order valence-electron chi connectivity index (χ1n) is 4.90. The van der Waals surface area contributed by atoms with Crippen molar-refractivity contribution < 1.29 is 5.11 Å². The first-order valence-corrected chi connectivity index (χ1v) is 4.90. The molecule has 1 saturated heterocycles. The largest absolute Gasteiger partial charge is 0.393 e. The molecular formula is C10H13BN2O. The van der Waals surface area contributed by atoms with E-state index in [0.717, 1.165) is 31.7 Å². The third-order valence-corrected chi connectivity index (χ3v) is 2.56. The Morgan fingerprint density at radius 1 is 1.36 bits per heavy atom. The number of hydrogen-bond acceptors (Lipinski definition) is 3. The summed E-state index contributed by atoms with van der Waals surface area (Å²) in [5.41, 5.74) is 0.686. The zero-order valence-electron chi connectivity index (χ0n) is 8.06. The van der Waals surface area contributed by atoms with Gasteiger partial charge < -0.3 is 10.0 Å². The molecule has 3 nitrogen and oxygen atoms in total. The molecule has 0 amide bonds. The van der Waals surface area contributed by atoms with E-state index in [0.29, 0.717) is 5.46 Å². The number of aliphatic hydroxyl groups excluding tert-OH is 1. The third-order valence-electron chi connectivity index (χ3n) is 2.56. The van der Waals surface area contributed by atoms with Gasteiger partial charge >= 0.3 is 0 Å². The van der Waals surface area contributed by atoms with E-state index < -0.39 is 0 Å². The molecule has 0 atom stereocenters. The van der Waals surface area contributed by atoms with Crippen molar-refractivity contribution >= 4 is 19.1 Å². The van der Waals surface area contributed by atoms with Crippen molar-refractivity contribution in [2.75, 3.05) is 18.0 Å².